The molecule has 3 rings (SSSR count). The highest BCUT2D eigenvalue weighted by atomic mass is 32.2. The molecule has 1 aromatic heterocycles. The summed E-state index contributed by atoms with van der Waals surface area (Å²) >= 11 is 0. The van der Waals surface area contributed by atoms with Crippen molar-refractivity contribution in [1.29, 1.82) is 0 Å². The molecule has 2 aliphatic rings. The molecule has 7 heteroatoms. The lowest BCUT2D eigenvalue weighted by Gasteiger charge is -2.48. The van der Waals surface area contributed by atoms with Crippen molar-refractivity contribution in [3.63, 3.8) is 0 Å². The molecule has 30 heavy (non-hydrogen) atoms. The van der Waals surface area contributed by atoms with Crippen LogP contribution >= 0.6 is 0 Å². The number of hydrogen-bond acceptors (Lipinski definition) is 5. The number of aromatic nitrogens is 1. The summed E-state index contributed by atoms with van der Waals surface area (Å²) in [5.74, 6) is 1.75. The second-order valence-corrected chi connectivity index (χ2v) is 11.6. The molecule has 1 heterocycles. The van der Waals surface area contributed by atoms with Crippen LogP contribution in [0.5, 0.6) is 5.88 Å². The van der Waals surface area contributed by atoms with Crippen molar-refractivity contribution >= 4 is 15.7 Å². The summed E-state index contributed by atoms with van der Waals surface area (Å²) in [5.41, 5.74) is 2.22. The number of carbonyl (C=O) groups excluding carboxylic acids is 1. The molecule has 2 saturated carbocycles. The zero-order chi connectivity index (χ0) is 21.9. The van der Waals surface area contributed by atoms with Crippen molar-refractivity contribution in [2.45, 2.75) is 66.2 Å². The average molecular weight is 437 g/mol. The largest absolute Gasteiger partial charge is 0.477 e. The van der Waals surface area contributed by atoms with Crippen LogP contribution in [-0.2, 0) is 9.84 Å². The third-order valence-electron chi connectivity index (χ3n) is 6.31. The van der Waals surface area contributed by atoms with E-state index in [1.807, 2.05) is 33.8 Å². The van der Waals surface area contributed by atoms with Crippen molar-refractivity contribution in [1.82, 2.24) is 10.3 Å². The summed E-state index contributed by atoms with van der Waals surface area (Å²) in [5, 5.41) is 3.13. The second-order valence-electron chi connectivity index (χ2n) is 9.41. The van der Waals surface area contributed by atoms with Crippen LogP contribution in [0.15, 0.2) is 6.07 Å². The summed E-state index contributed by atoms with van der Waals surface area (Å²) in [7, 11) is -2.96. The van der Waals surface area contributed by atoms with Gasteiger partial charge in [0.25, 0.3) is 5.91 Å². The Bertz CT molecular complexity index is 871. The topological polar surface area (TPSA) is 85.4 Å². The molecular formula is C23H36N2O4S. The number of carbonyl (C=O) groups is 1. The molecule has 1 amide bonds. The first-order valence-corrected chi connectivity index (χ1v) is 13.1. The number of pyridine rings is 1. The highest BCUT2D eigenvalue weighted by Crippen LogP contribution is 2.54. The van der Waals surface area contributed by atoms with E-state index >= 15 is 0 Å². The molecule has 1 N–H and O–H groups in total. The third-order valence-corrected chi connectivity index (χ3v) is 8.32. The lowest BCUT2D eigenvalue weighted by Crippen LogP contribution is -2.48. The first-order chi connectivity index (χ1) is 14.2. The smallest absolute Gasteiger partial charge is 0.257 e. The van der Waals surface area contributed by atoms with Gasteiger partial charge in [0.2, 0.25) is 5.88 Å². The van der Waals surface area contributed by atoms with Gasteiger partial charge in [0.05, 0.1) is 12.4 Å². The van der Waals surface area contributed by atoms with Crippen LogP contribution in [0.1, 0.15) is 74.0 Å². The molecule has 0 radical (unpaired) electrons. The minimum atomic E-state index is -2.96. The number of hydrogen-bond donors (Lipinski definition) is 1. The van der Waals surface area contributed by atoms with Gasteiger partial charge in [-0.15, -0.1) is 0 Å². The van der Waals surface area contributed by atoms with Gasteiger partial charge in [0.15, 0.2) is 9.84 Å². The molecule has 168 valence electrons. The maximum atomic E-state index is 13.0. The van der Waals surface area contributed by atoms with Crippen molar-refractivity contribution < 1.29 is 17.9 Å². The van der Waals surface area contributed by atoms with Gasteiger partial charge in [0.1, 0.15) is 5.56 Å². The lowest BCUT2D eigenvalue weighted by molar-refractivity contribution is 0.0474. The summed E-state index contributed by atoms with van der Waals surface area (Å²) < 4.78 is 30.0. The Hall–Kier alpha value is -1.63. The van der Waals surface area contributed by atoms with Gasteiger partial charge in [0, 0.05) is 18.0 Å². The standard InChI is InChI=1S/C23H36N2O4S/c1-5-9-30(27,28)14-19-12-23(13-19,11-18-7-8-18)15-24-21(26)20-16(3)10-17(4)25-22(20)29-6-2/h10,18-19H,5-9,11-15H2,1-4H3,(H,24,26). The third kappa shape index (κ3) is 5.74. The van der Waals surface area contributed by atoms with E-state index < -0.39 is 9.84 Å². The van der Waals surface area contributed by atoms with Crippen molar-refractivity contribution in [3.05, 3.63) is 22.9 Å². The number of rotatable bonds is 11. The van der Waals surface area contributed by atoms with Crippen LogP contribution in [0.3, 0.4) is 0 Å². The van der Waals surface area contributed by atoms with Gasteiger partial charge >= 0.3 is 0 Å². The van der Waals surface area contributed by atoms with Crippen LogP contribution in [-0.4, -0.2) is 44.0 Å². The Kier molecular flexibility index (Phi) is 7.10. The fourth-order valence-corrected chi connectivity index (χ4v) is 6.77. The first-order valence-electron chi connectivity index (χ1n) is 11.3. The molecule has 0 aromatic carbocycles. The molecule has 1 aromatic rings. The van der Waals surface area contributed by atoms with Crippen molar-refractivity contribution in [2.24, 2.45) is 17.3 Å². The van der Waals surface area contributed by atoms with E-state index in [0.29, 0.717) is 31.0 Å². The monoisotopic (exact) mass is 436 g/mol. The molecular weight excluding hydrogens is 400 g/mol. The summed E-state index contributed by atoms with van der Waals surface area (Å²) in [6.07, 6.45) is 6.03. The highest BCUT2D eigenvalue weighted by Gasteiger charge is 2.48. The Morgan fingerprint density at radius 1 is 1.23 bits per heavy atom. The van der Waals surface area contributed by atoms with Crippen molar-refractivity contribution in [2.75, 3.05) is 24.7 Å². The number of aryl methyl sites for hydroxylation is 2. The van der Waals surface area contributed by atoms with Gasteiger partial charge in [-0.1, -0.05) is 19.8 Å². The Morgan fingerprint density at radius 3 is 2.53 bits per heavy atom. The Balaban J connectivity index is 1.66. The van der Waals surface area contributed by atoms with E-state index in [4.69, 9.17) is 4.74 Å². The quantitative estimate of drug-likeness (QED) is 0.569. The van der Waals surface area contributed by atoms with Gasteiger partial charge in [-0.25, -0.2) is 13.4 Å². The van der Waals surface area contributed by atoms with Crippen LogP contribution in [0.25, 0.3) is 0 Å². The fourth-order valence-electron chi connectivity index (χ4n) is 5.03. The minimum absolute atomic E-state index is 0.0288. The summed E-state index contributed by atoms with van der Waals surface area (Å²) in [6, 6.07) is 1.90. The number of sulfone groups is 1. The van der Waals surface area contributed by atoms with Gasteiger partial charge in [-0.05, 0) is 75.3 Å². The van der Waals surface area contributed by atoms with E-state index in [-0.39, 0.29) is 28.7 Å². The van der Waals surface area contributed by atoms with E-state index in [9.17, 15) is 13.2 Å². The predicted molar refractivity (Wildman–Crippen MR) is 119 cm³/mol. The van der Waals surface area contributed by atoms with Crippen LogP contribution in [0.4, 0.5) is 0 Å². The molecule has 0 atom stereocenters. The van der Waals surface area contributed by atoms with Crippen LogP contribution < -0.4 is 10.1 Å². The van der Waals surface area contributed by atoms with Crippen molar-refractivity contribution in [3.8, 4) is 5.88 Å². The maximum Gasteiger partial charge on any atom is 0.257 e. The lowest BCUT2D eigenvalue weighted by atomic mass is 9.60. The first kappa shape index (κ1) is 23.0. The molecule has 2 aliphatic carbocycles. The zero-order valence-corrected chi connectivity index (χ0v) is 19.6. The van der Waals surface area contributed by atoms with Gasteiger partial charge in [-0.2, -0.15) is 0 Å². The summed E-state index contributed by atoms with van der Waals surface area (Å²) in [6.45, 7) is 8.63. The van der Waals surface area contributed by atoms with E-state index in [1.165, 1.54) is 12.8 Å². The van der Waals surface area contributed by atoms with Gasteiger partial charge in [-0.3, -0.25) is 4.79 Å². The number of nitrogens with one attached hydrogen (secondary N) is 1. The van der Waals surface area contributed by atoms with Crippen LogP contribution in [0.2, 0.25) is 0 Å². The second kappa shape index (κ2) is 9.25. The molecule has 0 unspecified atom stereocenters. The fraction of sp³-hybridized carbons (Fsp3) is 0.739. The predicted octanol–water partition coefficient (Wildman–Crippen LogP) is 3.85. The van der Waals surface area contributed by atoms with Crippen LogP contribution in [0, 0.1) is 31.1 Å². The Labute approximate surface area is 181 Å². The van der Waals surface area contributed by atoms with E-state index in [2.05, 4.69) is 10.3 Å². The number of amides is 1. The Morgan fingerprint density at radius 2 is 1.93 bits per heavy atom. The van der Waals surface area contributed by atoms with Gasteiger partial charge < -0.3 is 10.1 Å². The molecule has 6 nitrogen and oxygen atoms in total. The minimum Gasteiger partial charge on any atom is -0.477 e. The van der Waals surface area contributed by atoms with E-state index in [1.54, 1.807) is 0 Å². The molecule has 0 bridgehead atoms. The molecule has 0 aliphatic heterocycles. The maximum absolute atomic E-state index is 13.0. The van der Waals surface area contributed by atoms with E-state index in [0.717, 1.165) is 36.4 Å². The molecule has 0 spiro atoms. The average Bonchev–Trinajstić information content (AvgIpc) is 3.41. The molecule has 0 saturated heterocycles. The number of nitrogens with zero attached hydrogens (tertiary/aromatic N) is 1. The highest BCUT2D eigenvalue weighted by molar-refractivity contribution is 7.91. The number of ether oxygens (including phenoxy) is 1. The SMILES string of the molecule is CCCS(=O)(=O)CC1CC(CNC(=O)c2c(C)cc(C)nc2OCC)(CC2CC2)C1. The molecule has 2 fully saturated rings. The normalized spacial score (nSPS) is 23.7. The summed E-state index contributed by atoms with van der Waals surface area (Å²) in [4.78, 5) is 17.4. The zero-order valence-electron chi connectivity index (χ0n) is 18.8.